The fourth-order valence-electron chi connectivity index (χ4n) is 2.33. The van der Waals surface area contributed by atoms with Crippen molar-refractivity contribution in [3.05, 3.63) is 51.8 Å². The van der Waals surface area contributed by atoms with Crippen molar-refractivity contribution < 1.29 is 4.39 Å². The number of rotatable bonds is 3. The van der Waals surface area contributed by atoms with Gasteiger partial charge in [-0.25, -0.2) is 9.37 Å². The number of halogens is 1. The molecule has 0 aliphatic heterocycles. The Balaban J connectivity index is 1.93. The fraction of sp³-hybridized carbons (Fsp3) is 0.214. The lowest BCUT2D eigenvalue weighted by Gasteiger charge is -2.10. The van der Waals surface area contributed by atoms with Crippen LogP contribution in [0.3, 0.4) is 0 Å². The molecule has 6 nitrogen and oxygen atoms in total. The van der Waals surface area contributed by atoms with E-state index in [1.165, 1.54) is 23.0 Å². The maximum Gasteiger partial charge on any atom is 0.280 e. The number of nitrogens with one attached hydrogen (secondary N) is 1. The maximum atomic E-state index is 13.1. The van der Waals surface area contributed by atoms with Crippen LogP contribution in [0, 0.1) is 12.7 Å². The van der Waals surface area contributed by atoms with Gasteiger partial charge in [0, 0.05) is 6.54 Å². The Kier molecular flexibility index (Phi) is 3.17. The minimum absolute atomic E-state index is 0.124. The van der Waals surface area contributed by atoms with Gasteiger partial charge in [-0.2, -0.15) is 4.98 Å². The van der Waals surface area contributed by atoms with E-state index in [0.29, 0.717) is 24.1 Å². The largest absolute Gasteiger partial charge is 0.369 e. The Morgan fingerprint density at radius 2 is 2.24 bits per heavy atom. The monoisotopic (exact) mass is 287 g/mol. The van der Waals surface area contributed by atoms with Crippen LogP contribution in [-0.4, -0.2) is 19.5 Å². The molecule has 0 saturated carbocycles. The number of imidazole rings is 1. The number of aromatic nitrogens is 4. The summed E-state index contributed by atoms with van der Waals surface area (Å²) >= 11 is 0. The molecule has 21 heavy (non-hydrogen) atoms. The van der Waals surface area contributed by atoms with Gasteiger partial charge in [-0.1, -0.05) is 6.07 Å². The van der Waals surface area contributed by atoms with E-state index in [2.05, 4.69) is 15.0 Å². The highest BCUT2D eigenvalue weighted by atomic mass is 19.1. The van der Waals surface area contributed by atoms with Crippen LogP contribution in [0.4, 0.5) is 10.3 Å². The van der Waals surface area contributed by atoms with Gasteiger partial charge in [0.1, 0.15) is 5.82 Å². The summed E-state index contributed by atoms with van der Waals surface area (Å²) in [5.41, 5.74) is 8.01. The van der Waals surface area contributed by atoms with Crippen molar-refractivity contribution >= 4 is 17.1 Å². The summed E-state index contributed by atoms with van der Waals surface area (Å²) < 4.78 is 14.5. The molecule has 3 rings (SSSR count). The van der Waals surface area contributed by atoms with Gasteiger partial charge in [0.05, 0.1) is 6.33 Å². The third-order valence-electron chi connectivity index (χ3n) is 3.48. The summed E-state index contributed by atoms with van der Waals surface area (Å²) in [4.78, 5) is 23.0. The third kappa shape index (κ3) is 2.37. The summed E-state index contributed by atoms with van der Waals surface area (Å²) in [5.74, 6) is -0.146. The molecule has 0 radical (unpaired) electrons. The first-order valence-electron chi connectivity index (χ1n) is 6.50. The standard InChI is InChI=1S/C14H14FN5O/c1-8-6-10(15)3-2-9(8)4-5-20-13(21)11-12(18-7-17-11)19-14(20)16/h2-3,6-7H,4-5H2,1H3,(H2,16,19)(H,17,18). The first-order chi connectivity index (χ1) is 10.1. The van der Waals surface area contributed by atoms with Crippen molar-refractivity contribution in [2.24, 2.45) is 0 Å². The smallest absolute Gasteiger partial charge is 0.280 e. The van der Waals surface area contributed by atoms with Crippen LogP contribution in [0.2, 0.25) is 0 Å². The zero-order valence-electron chi connectivity index (χ0n) is 11.4. The number of H-pyrrole nitrogens is 1. The second-order valence-corrected chi connectivity index (χ2v) is 4.85. The fourth-order valence-corrected chi connectivity index (χ4v) is 2.33. The van der Waals surface area contributed by atoms with E-state index >= 15 is 0 Å². The summed E-state index contributed by atoms with van der Waals surface area (Å²) in [5, 5.41) is 0. The van der Waals surface area contributed by atoms with Crippen LogP contribution in [0.15, 0.2) is 29.3 Å². The Morgan fingerprint density at radius 1 is 1.43 bits per heavy atom. The Morgan fingerprint density at radius 3 is 3.00 bits per heavy atom. The molecule has 0 amide bonds. The lowest BCUT2D eigenvalue weighted by molar-refractivity contribution is 0.623. The lowest BCUT2D eigenvalue weighted by Crippen LogP contribution is -2.25. The first kappa shape index (κ1) is 13.3. The molecule has 2 aromatic heterocycles. The van der Waals surface area contributed by atoms with Gasteiger partial charge in [0.15, 0.2) is 11.2 Å². The van der Waals surface area contributed by atoms with E-state index in [0.717, 1.165) is 11.1 Å². The van der Waals surface area contributed by atoms with E-state index in [1.54, 1.807) is 6.07 Å². The molecular weight excluding hydrogens is 273 g/mol. The van der Waals surface area contributed by atoms with Gasteiger partial charge in [-0.15, -0.1) is 0 Å². The molecule has 0 saturated heterocycles. The minimum Gasteiger partial charge on any atom is -0.369 e. The number of aryl methyl sites for hydroxylation is 2. The van der Waals surface area contributed by atoms with Crippen LogP contribution < -0.4 is 11.3 Å². The van der Waals surface area contributed by atoms with Crippen LogP contribution >= 0.6 is 0 Å². The quantitative estimate of drug-likeness (QED) is 0.761. The number of hydrogen-bond donors (Lipinski definition) is 2. The molecule has 0 bridgehead atoms. The second-order valence-electron chi connectivity index (χ2n) is 4.85. The average molecular weight is 287 g/mol. The Hall–Kier alpha value is -2.70. The molecule has 0 fully saturated rings. The number of nitrogens with two attached hydrogens (primary N) is 1. The van der Waals surface area contributed by atoms with Crippen molar-refractivity contribution in [2.75, 3.05) is 5.73 Å². The van der Waals surface area contributed by atoms with Gasteiger partial charge >= 0.3 is 0 Å². The molecule has 7 heteroatoms. The van der Waals surface area contributed by atoms with Crippen LogP contribution in [0.1, 0.15) is 11.1 Å². The predicted molar refractivity (Wildman–Crippen MR) is 77.4 cm³/mol. The molecule has 2 heterocycles. The van der Waals surface area contributed by atoms with Crippen molar-refractivity contribution in [1.29, 1.82) is 0 Å². The third-order valence-corrected chi connectivity index (χ3v) is 3.48. The molecule has 0 spiro atoms. The van der Waals surface area contributed by atoms with Crippen LogP contribution in [0.25, 0.3) is 11.2 Å². The summed E-state index contributed by atoms with van der Waals surface area (Å²) in [7, 11) is 0. The first-order valence-corrected chi connectivity index (χ1v) is 6.50. The number of hydrogen-bond acceptors (Lipinski definition) is 4. The van der Waals surface area contributed by atoms with E-state index in [9.17, 15) is 9.18 Å². The zero-order valence-corrected chi connectivity index (χ0v) is 11.4. The topological polar surface area (TPSA) is 89.6 Å². The number of benzene rings is 1. The number of fused-ring (bicyclic) bond motifs is 1. The van der Waals surface area contributed by atoms with Gasteiger partial charge < -0.3 is 10.7 Å². The van der Waals surface area contributed by atoms with Crippen molar-refractivity contribution in [2.45, 2.75) is 19.9 Å². The normalized spacial score (nSPS) is 11.1. The van der Waals surface area contributed by atoms with Crippen molar-refractivity contribution in [1.82, 2.24) is 19.5 Å². The van der Waals surface area contributed by atoms with Crippen LogP contribution in [-0.2, 0) is 13.0 Å². The number of anilines is 1. The van der Waals surface area contributed by atoms with Gasteiger partial charge in [0.2, 0.25) is 5.95 Å². The van der Waals surface area contributed by atoms with E-state index in [-0.39, 0.29) is 17.3 Å². The molecule has 108 valence electrons. The van der Waals surface area contributed by atoms with Crippen LogP contribution in [0.5, 0.6) is 0 Å². The number of aromatic amines is 1. The summed E-state index contributed by atoms with van der Waals surface area (Å²) in [6, 6.07) is 4.59. The van der Waals surface area contributed by atoms with Gasteiger partial charge in [-0.3, -0.25) is 9.36 Å². The van der Waals surface area contributed by atoms with Crippen molar-refractivity contribution in [3.8, 4) is 0 Å². The second kappa shape index (κ2) is 5.01. The number of nitrogen functional groups attached to an aromatic ring is 1. The van der Waals surface area contributed by atoms with E-state index in [1.807, 2.05) is 6.92 Å². The molecule has 3 aromatic rings. The highest BCUT2D eigenvalue weighted by Gasteiger charge is 2.11. The molecule has 0 aliphatic rings. The molecule has 1 aromatic carbocycles. The average Bonchev–Trinajstić information content (AvgIpc) is 2.89. The zero-order chi connectivity index (χ0) is 15.0. The van der Waals surface area contributed by atoms with E-state index < -0.39 is 0 Å². The van der Waals surface area contributed by atoms with Gasteiger partial charge in [0.25, 0.3) is 5.56 Å². The lowest BCUT2D eigenvalue weighted by atomic mass is 10.1. The molecule has 3 N–H and O–H groups in total. The number of nitrogens with zero attached hydrogens (tertiary/aromatic N) is 3. The molecule has 0 unspecified atom stereocenters. The highest BCUT2D eigenvalue weighted by molar-refractivity contribution is 5.69. The molecule has 0 aliphatic carbocycles. The highest BCUT2D eigenvalue weighted by Crippen LogP contribution is 2.12. The van der Waals surface area contributed by atoms with E-state index in [4.69, 9.17) is 5.73 Å². The maximum absolute atomic E-state index is 13.1. The summed E-state index contributed by atoms with van der Waals surface area (Å²) in [6.45, 7) is 2.21. The van der Waals surface area contributed by atoms with Gasteiger partial charge in [-0.05, 0) is 36.6 Å². The van der Waals surface area contributed by atoms with Crippen molar-refractivity contribution in [3.63, 3.8) is 0 Å². The molecule has 0 atom stereocenters. The molecular formula is C14H14FN5O. The minimum atomic E-state index is -0.270. The predicted octanol–water partition coefficient (Wildman–Crippen LogP) is 1.39. The Labute approximate surface area is 119 Å². The SMILES string of the molecule is Cc1cc(F)ccc1CCn1c(N)nc2nc[nH]c2c1=O. The Bertz CT molecular complexity index is 867. The summed E-state index contributed by atoms with van der Waals surface area (Å²) in [6.07, 6.45) is 1.98.